The Balaban J connectivity index is 1.50. The van der Waals surface area contributed by atoms with Crippen LogP contribution >= 0.6 is 0 Å². The van der Waals surface area contributed by atoms with Gasteiger partial charge in [0, 0.05) is 22.2 Å². The predicted octanol–water partition coefficient (Wildman–Crippen LogP) is 4.92. The van der Waals surface area contributed by atoms with E-state index in [2.05, 4.69) is 15.3 Å². The highest BCUT2D eigenvalue weighted by molar-refractivity contribution is 6.11. The summed E-state index contributed by atoms with van der Waals surface area (Å²) in [6, 6.07) is 20.6. The normalized spacial score (nSPS) is 11.2. The number of amides is 1. The molecule has 2 N–H and O–H groups in total. The molecule has 3 aromatic carbocycles. The van der Waals surface area contributed by atoms with Gasteiger partial charge in [0.05, 0.1) is 17.6 Å². The summed E-state index contributed by atoms with van der Waals surface area (Å²) in [4.78, 5) is 25.4. The van der Waals surface area contributed by atoms with Crippen LogP contribution in [0.5, 0.6) is 5.75 Å². The SMILES string of the molecule is CCOc1ccc(NC(=O)c2ccc3[nH]c4nc5ccccc5nc4c3c2)cc1. The zero-order valence-corrected chi connectivity index (χ0v) is 15.8. The van der Waals surface area contributed by atoms with Crippen LogP contribution in [-0.4, -0.2) is 27.5 Å². The molecule has 0 saturated carbocycles. The summed E-state index contributed by atoms with van der Waals surface area (Å²) >= 11 is 0. The van der Waals surface area contributed by atoms with Crippen LogP contribution in [-0.2, 0) is 0 Å². The topological polar surface area (TPSA) is 79.9 Å². The molecule has 0 radical (unpaired) electrons. The number of para-hydroxylation sites is 2. The van der Waals surface area contributed by atoms with Crippen molar-refractivity contribution in [2.75, 3.05) is 11.9 Å². The summed E-state index contributed by atoms with van der Waals surface area (Å²) < 4.78 is 5.43. The Morgan fingerprint density at radius 3 is 2.52 bits per heavy atom. The summed E-state index contributed by atoms with van der Waals surface area (Å²) in [5.41, 5.74) is 5.29. The van der Waals surface area contributed by atoms with Gasteiger partial charge in [-0.05, 0) is 61.5 Å². The van der Waals surface area contributed by atoms with Crippen LogP contribution in [0.4, 0.5) is 5.69 Å². The van der Waals surface area contributed by atoms with Gasteiger partial charge in [-0.25, -0.2) is 9.97 Å². The fourth-order valence-electron chi connectivity index (χ4n) is 3.40. The van der Waals surface area contributed by atoms with Crippen molar-refractivity contribution in [1.82, 2.24) is 15.0 Å². The lowest BCUT2D eigenvalue weighted by Gasteiger charge is -2.07. The van der Waals surface area contributed by atoms with Gasteiger partial charge >= 0.3 is 0 Å². The van der Waals surface area contributed by atoms with Crippen LogP contribution in [0.3, 0.4) is 0 Å². The molecule has 0 spiro atoms. The Morgan fingerprint density at radius 1 is 1.00 bits per heavy atom. The number of hydrogen-bond acceptors (Lipinski definition) is 4. The summed E-state index contributed by atoms with van der Waals surface area (Å²) in [5.74, 6) is 0.593. The van der Waals surface area contributed by atoms with Crippen molar-refractivity contribution in [3.05, 3.63) is 72.3 Å². The van der Waals surface area contributed by atoms with Crippen LogP contribution in [0, 0.1) is 0 Å². The van der Waals surface area contributed by atoms with Crippen LogP contribution in [0.1, 0.15) is 17.3 Å². The van der Waals surface area contributed by atoms with Crippen molar-refractivity contribution in [2.45, 2.75) is 6.92 Å². The quantitative estimate of drug-likeness (QED) is 0.463. The Bertz CT molecular complexity index is 1360. The highest BCUT2D eigenvalue weighted by atomic mass is 16.5. The number of aromatic amines is 1. The van der Waals surface area contributed by atoms with E-state index in [0.717, 1.165) is 33.2 Å². The van der Waals surface area contributed by atoms with E-state index in [-0.39, 0.29) is 5.91 Å². The summed E-state index contributed by atoms with van der Waals surface area (Å²) in [6.07, 6.45) is 0. The van der Waals surface area contributed by atoms with E-state index in [1.54, 1.807) is 6.07 Å². The molecule has 5 aromatic rings. The third-order valence-electron chi connectivity index (χ3n) is 4.78. The fourth-order valence-corrected chi connectivity index (χ4v) is 3.40. The Kier molecular flexibility index (Phi) is 4.09. The second-order valence-electron chi connectivity index (χ2n) is 6.71. The van der Waals surface area contributed by atoms with E-state index in [9.17, 15) is 4.79 Å². The smallest absolute Gasteiger partial charge is 0.255 e. The van der Waals surface area contributed by atoms with Crippen molar-refractivity contribution < 1.29 is 9.53 Å². The second kappa shape index (κ2) is 6.91. The van der Waals surface area contributed by atoms with Crippen molar-refractivity contribution in [3.8, 4) is 5.75 Å². The first-order valence-corrected chi connectivity index (χ1v) is 9.44. The molecule has 1 amide bonds. The molecular formula is C23H18N4O2. The van der Waals surface area contributed by atoms with E-state index in [1.165, 1.54) is 0 Å². The minimum absolute atomic E-state index is 0.181. The number of fused-ring (bicyclic) bond motifs is 4. The Morgan fingerprint density at radius 2 is 1.76 bits per heavy atom. The van der Waals surface area contributed by atoms with Gasteiger partial charge in [-0.1, -0.05) is 12.1 Å². The number of ether oxygens (including phenoxy) is 1. The van der Waals surface area contributed by atoms with E-state index in [4.69, 9.17) is 9.72 Å². The maximum atomic E-state index is 12.8. The van der Waals surface area contributed by atoms with Gasteiger partial charge < -0.3 is 15.0 Å². The average Bonchev–Trinajstić information content (AvgIpc) is 3.10. The van der Waals surface area contributed by atoms with Crippen molar-refractivity contribution in [2.24, 2.45) is 0 Å². The second-order valence-corrected chi connectivity index (χ2v) is 6.71. The maximum absolute atomic E-state index is 12.8. The zero-order valence-electron chi connectivity index (χ0n) is 15.8. The van der Waals surface area contributed by atoms with Gasteiger partial charge in [-0.15, -0.1) is 0 Å². The van der Waals surface area contributed by atoms with E-state index in [0.29, 0.717) is 23.5 Å². The van der Waals surface area contributed by atoms with E-state index < -0.39 is 0 Å². The molecule has 0 aliphatic carbocycles. The molecule has 2 heterocycles. The number of nitrogens with one attached hydrogen (secondary N) is 2. The summed E-state index contributed by atoms with van der Waals surface area (Å²) in [7, 11) is 0. The Labute approximate surface area is 166 Å². The number of rotatable bonds is 4. The number of H-pyrrole nitrogens is 1. The molecule has 2 aromatic heterocycles. The lowest BCUT2D eigenvalue weighted by molar-refractivity contribution is 0.102. The van der Waals surface area contributed by atoms with Gasteiger partial charge in [-0.3, -0.25) is 4.79 Å². The molecule has 0 aliphatic rings. The highest BCUT2D eigenvalue weighted by Gasteiger charge is 2.13. The predicted molar refractivity (Wildman–Crippen MR) is 114 cm³/mol. The number of aromatic nitrogens is 3. The monoisotopic (exact) mass is 382 g/mol. The third kappa shape index (κ3) is 3.14. The number of anilines is 1. The van der Waals surface area contributed by atoms with Gasteiger partial charge in [0.15, 0.2) is 5.65 Å². The first-order chi connectivity index (χ1) is 14.2. The zero-order chi connectivity index (χ0) is 19.8. The molecule has 0 bridgehead atoms. The summed E-state index contributed by atoms with van der Waals surface area (Å²) in [6.45, 7) is 2.54. The van der Waals surface area contributed by atoms with Crippen LogP contribution in [0.15, 0.2) is 66.7 Å². The first-order valence-electron chi connectivity index (χ1n) is 9.44. The van der Waals surface area contributed by atoms with Crippen LogP contribution < -0.4 is 10.1 Å². The molecule has 0 unspecified atom stereocenters. The van der Waals surface area contributed by atoms with Crippen LogP contribution in [0.2, 0.25) is 0 Å². The van der Waals surface area contributed by atoms with E-state index >= 15 is 0 Å². The number of benzene rings is 3. The minimum atomic E-state index is -0.181. The number of hydrogen-bond donors (Lipinski definition) is 2. The average molecular weight is 382 g/mol. The Hall–Kier alpha value is -3.93. The van der Waals surface area contributed by atoms with Gasteiger partial charge in [0.25, 0.3) is 5.91 Å². The van der Waals surface area contributed by atoms with Gasteiger partial charge in [0.2, 0.25) is 0 Å². The molecule has 0 atom stereocenters. The first kappa shape index (κ1) is 17.2. The number of nitrogens with zero attached hydrogens (tertiary/aromatic N) is 2. The molecular weight excluding hydrogens is 364 g/mol. The fraction of sp³-hybridized carbons (Fsp3) is 0.0870. The molecule has 142 valence electrons. The molecule has 0 aliphatic heterocycles. The highest BCUT2D eigenvalue weighted by Crippen LogP contribution is 2.26. The third-order valence-corrected chi connectivity index (χ3v) is 4.78. The molecule has 5 rings (SSSR count). The van der Waals surface area contributed by atoms with Gasteiger partial charge in [0.1, 0.15) is 11.3 Å². The molecule has 6 nitrogen and oxygen atoms in total. The number of carbonyl (C=O) groups excluding carboxylic acids is 1. The molecule has 0 saturated heterocycles. The van der Waals surface area contributed by atoms with Crippen molar-refractivity contribution in [1.29, 1.82) is 0 Å². The minimum Gasteiger partial charge on any atom is -0.494 e. The lowest BCUT2D eigenvalue weighted by Crippen LogP contribution is -2.11. The molecule has 6 heteroatoms. The molecule has 29 heavy (non-hydrogen) atoms. The largest absolute Gasteiger partial charge is 0.494 e. The number of carbonyl (C=O) groups is 1. The van der Waals surface area contributed by atoms with Crippen molar-refractivity contribution >= 4 is 44.7 Å². The van der Waals surface area contributed by atoms with Gasteiger partial charge in [-0.2, -0.15) is 0 Å². The standard InChI is InChI=1S/C23H18N4O2/c1-2-29-16-10-8-15(9-11-16)24-23(28)14-7-12-18-17(13-14)21-22(26-18)27-20-6-4-3-5-19(20)25-21/h3-13H,2H2,1H3,(H,24,28)(H,26,27). The molecule has 0 fully saturated rings. The van der Waals surface area contributed by atoms with Crippen molar-refractivity contribution in [3.63, 3.8) is 0 Å². The van der Waals surface area contributed by atoms with E-state index in [1.807, 2.05) is 67.6 Å². The summed E-state index contributed by atoms with van der Waals surface area (Å²) in [5, 5.41) is 3.79. The van der Waals surface area contributed by atoms with Crippen LogP contribution in [0.25, 0.3) is 33.1 Å². The lowest BCUT2D eigenvalue weighted by atomic mass is 10.1. The maximum Gasteiger partial charge on any atom is 0.255 e.